The summed E-state index contributed by atoms with van der Waals surface area (Å²) in [6.07, 6.45) is 8.46. The monoisotopic (exact) mass is 430 g/mol. The molecule has 29 heavy (non-hydrogen) atoms. The van der Waals surface area contributed by atoms with Crippen molar-refractivity contribution in [1.82, 2.24) is 0 Å². The molecule has 1 aliphatic heterocycles. The number of hydrogen-bond donors (Lipinski definition) is 0. The highest BCUT2D eigenvalue weighted by Gasteiger charge is 2.31. The molecule has 0 spiro atoms. The zero-order valence-corrected chi connectivity index (χ0v) is 18.6. The van der Waals surface area contributed by atoms with Crippen molar-refractivity contribution in [3.63, 3.8) is 0 Å². The van der Waals surface area contributed by atoms with E-state index in [9.17, 15) is 17.6 Å². The highest BCUT2D eigenvalue weighted by molar-refractivity contribution is 6.58. The third-order valence-corrected chi connectivity index (χ3v) is 10.6. The van der Waals surface area contributed by atoms with Gasteiger partial charge < -0.3 is 4.74 Å². The van der Waals surface area contributed by atoms with Crippen LogP contribution in [0.3, 0.4) is 0 Å². The Labute approximate surface area is 173 Å². The molecule has 1 aromatic carbocycles. The van der Waals surface area contributed by atoms with E-state index in [0.717, 1.165) is 49.7 Å². The number of hydrogen-bond acceptors (Lipinski definition) is 1. The molecule has 6 heteroatoms. The standard InChI is InChI=1S/C23H34F4OSi/c1-16(24)3-2-10-29-11-8-19(9-12-29)18-6-4-17(5-7-18)15-28-20-13-21(25)23(27)22(26)14-20/h13-14,16-19,29H,2-12,15H2,1H3. The van der Waals surface area contributed by atoms with Gasteiger partial charge in [-0.2, -0.15) is 0 Å². The Kier molecular flexibility index (Phi) is 8.45. The van der Waals surface area contributed by atoms with Gasteiger partial charge in [-0.25, -0.2) is 17.6 Å². The van der Waals surface area contributed by atoms with Crippen LogP contribution in [0.5, 0.6) is 5.75 Å². The maximum atomic E-state index is 13.3. The average molecular weight is 431 g/mol. The van der Waals surface area contributed by atoms with Crippen molar-refractivity contribution in [3.05, 3.63) is 29.6 Å². The van der Waals surface area contributed by atoms with E-state index in [0.29, 0.717) is 12.5 Å². The summed E-state index contributed by atoms with van der Waals surface area (Å²) < 4.78 is 58.1. The molecule has 1 nitrogen and oxygen atoms in total. The van der Waals surface area contributed by atoms with Gasteiger partial charge in [-0.3, -0.25) is 0 Å². The van der Waals surface area contributed by atoms with Crippen LogP contribution in [0, 0.1) is 35.2 Å². The summed E-state index contributed by atoms with van der Waals surface area (Å²) in [5, 5.41) is 0. The van der Waals surface area contributed by atoms with E-state index in [1.54, 1.807) is 6.92 Å². The van der Waals surface area contributed by atoms with Gasteiger partial charge in [-0.05, 0) is 56.8 Å². The Balaban J connectivity index is 1.35. The minimum Gasteiger partial charge on any atom is -0.493 e. The summed E-state index contributed by atoms with van der Waals surface area (Å²) >= 11 is 0. The third kappa shape index (κ3) is 6.73. The van der Waals surface area contributed by atoms with E-state index < -0.39 is 32.4 Å². The van der Waals surface area contributed by atoms with Crippen molar-refractivity contribution in [3.8, 4) is 5.75 Å². The van der Waals surface area contributed by atoms with Crippen LogP contribution in [0.1, 0.15) is 58.3 Å². The lowest BCUT2D eigenvalue weighted by molar-refractivity contribution is 0.147. The second-order valence-corrected chi connectivity index (χ2v) is 12.7. The molecule has 0 bridgehead atoms. The number of alkyl halides is 1. The van der Waals surface area contributed by atoms with Crippen molar-refractivity contribution in [2.45, 2.75) is 82.6 Å². The molecule has 1 aromatic rings. The van der Waals surface area contributed by atoms with Crippen molar-refractivity contribution in [1.29, 1.82) is 0 Å². The maximum absolute atomic E-state index is 13.3. The van der Waals surface area contributed by atoms with E-state index in [1.165, 1.54) is 43.8 Å². The topological polar surface area (TPSA) is 9.23 Å². The SMILES string of the molecule is CC(F)CCC[SiH]1CCC(C2CCC(COc3cc(F)c(F)c(F)c3)CC2)CC1. The Morgan fingerprint density at radius 2 is 1.55 bits per heavy atom. The largest absolute Gasteiger partial charge is 0.493 e. The van der Waals surface area contributed by atoms with Crippen LogP contribution in [0.25, 0.3) is 0 Å². The molecule has 1 unspecified atom stereocenters. The average Bonchev–Trinajstić information content (AvgIpc) is 2.71. The van der Waals surface area contributed by atoms with Gasteiger partial charge in [0.1, 0.15) is 5.75 Å². The fourth-order valence-corrected chi connectivity index (χ4v) is 8.77. The van der Waals surface area contributed by atoms with Gasteiger partial charge in [-0.1, -0.05) is 37.4 Å². The van der Waals surface area contributed by atoms with Crippen LogP contribution in [0.4, 0.5) is 17.6 Å². The second kappa shape index (κ2) is 10.8. The first-order valence-electron chi connectivity index (χ1n) is 11.3. The Morgan fingerprint density at radius 1 is 0.966 bits per heavy atom. The van der Waals surface area contributed by atoms with Gasteiger partial charge in [0.25, 0.3) is 0 Å². The molecule has 2 fully saturated rings. The van der Waals surface area contributed by atoms with Gasteiger partial charge >= 0.3 is 0 Å². The lowest BCUT2D eigenvalue weighted by Crippen LogP contribution is -2.29. The normalized spacial score (nSPS) is 28.9. The summed E-state index contributed by atoms with van der Waals surface area (Å²) in [6.45, 7) is 2.10. The summed E-state index contributed by atoms with van der Waals surface area (Å²) in [7, 11) is -0.623. The zero-order chi connectivity index (χ0) is 20.8. The number of rotatable bonds is 8. The molecule has 0 radical (unpaired) electrons. The molecule has 0 N–H and O–H groups in total. The van der Waals surface area contributed by atoms with Crippen molar-refractivity contribution < 1.29 is 22.3 Å². The number of benzene rings is 1. The molecule has 0 aromatic heterocycles. The minimum atomic E-state index is -1.45. The minimum absolute atomic E-state index is 0.0639. The number of ether oxygens (including phenoxy) is 1. The smallest absolute Gasteiger partial charge is 0.194 e. The van der Waals surface area contributed by atoms with Crippen LogP contribution in [0.15, 0.2) is 12.1 Å². The fraction of sp³-hybridized carbons (Fsp3) is 0.739. The first-order chi connectivity index (χ1) is 13.9. The zero-order valence-electron chi connectivity index (χ0n) is 17.4. The predicted octanol–water partition coefficient (Wildman–Crippen LogP) is 7.06. The first kappa shape index (κ1) is 22.6. The van der Waals surface area contributed by atoms with Crippen molar-refractivity contribution in [2.75, 3.05) is 6.61 Å². The van der Waals surface area contributed by atoms with Crippen molar-refractivity contribution in [2.24, 2.45) is 17.8 Å². The van der Waals surface area contributed by atoms with Gasteiger partial charge in [0.15, 0.2) is 17.5 Å². The molecular formula is C23H34F4OSi. The van der Waals surface area contributed by atoms with Crippen LogP contribution < -0.4 is 4.74 Å². The van der Waals surface area contributed by atoms with Crippen LogP contribution >= 0.6 is 0 Å². The molecule has 1 saturated heterocycles. The molecule has 2 aliphatic rings. The second-order valence-electron chi connectivity index (χ2n) is 9.29. The van der Waals surface area contributed by atoms with E-state index in [-0.39, 0.29) is 5.75 Å². The third-order valence-electron chi connectivity index (χ3n) is 7.11. The van der Waals surface area contributed by atoms with Gasteiger partial charge in [0, 0.05) is 20.9 Å². The summed E-state index contributed by atoms with van der Waals surface area (Å²) in [5.41, 5.74) is 0. The van der Waals surface area contributed by atoms with E-state index >= 15 is 0 Å². The lowest BCUT2D eigenvalue weighted by Gasteiger charge is -2.37. The Hall–Kier alpha value is -1.04. The summed E-state index contributed by atoms with van der Waals surface area (Å²) in [5.74, 6) is -1.75. The highest BCUT2D eigenvalue weighted by Crippen LogP contribution is 2.41. The van der Waals surface area contributed by atoms with Crippen LogP contribution in [-0.2, 0) is 0 Å². The maximum Gasteiger partial charge on any atom is 0.194 e. The Bertz CT molecular complexity index is 615. The van der Waals surface area contributed by atoms with Crippen LogP contribution in [-0.4, -0.2) is 21.6 Å². The molecule has 164 valence electrons. The van der Waals surface area contributed by atoms with Gasteiger partial charge in [0.05, 0.1) is 12.8 Å². The van der Waals surface area contributed by atoms with Gasteiger partial charge in [-0.15, -0.1) is 0 Å². The molecular weight excluding hydrogens is 396 g/mol. The quantitative estimate of drug-likeness (QED) is 0.244. The van der Waals surface area contributed by atoms with E-state index in [2.05, 4.69) is 0 Å². The fourth-order valence-electron chi connectivity index (χ4n) is 5.29. The van der Waals surface area contributed by atoms with Gasteiger partial charge in [0.2, 0.25) is 0 Å². The number of halogens is 4. The molecule has 1 aliphatic carbocycles. The lowest BCUT2D eigenvalue weighted by atomic mass is 9.74. The molecule has 1 atom stereocenters. The van der Waals surface area contributed by atoms with E-state index in [4.69, 9.17) is 4.74 Å². The Morgan fingerprint density at radius 3 is 2.14 bits per heavy atom. The van der Waals surface area contributed by atoms with Crippen LogP contribution in [0.2, 0.25) is 18.1 Å². The molecule has 1 saturated carbocycles. The summed E-state index contributed by atoms with van der Waals surface area (Å²) in [4.78, 5) is 0. The highest BCUT2D eigenvalue weighted by atomic mass is 28.3. The van der Waals surface area contributed by atoms with E-state index in [1.807, 2.05) is 0 Å². The predicted molar refractivity (Wildman–Crippen MR) is 111 cm³/mol. The van der Waals surface area contributed by atoms with Crippen molar-refractivity contribution >= 4 is 8.80 Å². The molecule has 3 rings (SSSR count). The molecule has 1 heterocycles. The molecule has 0 amide bonds. The first-order valence-corrected chi connectivity index (χ1v) is 13.8. The summed E-state index contributed by atoms with van der Waals surface area (Å²) in [6, 6.07) is 6.00.